The Balaban J connectivity index is 2.17. The Kier molecular flexibility index (Phi) is 6.44. The number of nitrogens with one attached hydrogen (secondary N) is 1. The van der Waals surface area contributed by atoms with Crippen LogP contribution in [0, 0.1) is 17.6 Å². The lowest BCUT2D eigenvalue weighted by atomic mass is 10.1. The number of hydrogen-bond donors (Lipinski definition) is 1. The summed E-state index contributed by atoms with van der Waals surface area (Å²) in [6.45, 7) is 5.88. The van der Waals surface area contributed by atoms with Gasteiger partial charge >= 0.3 is 0 Å². The number of halogens is 2. The zero-order valence-corrected chi connectivity index (χ0v) is 14.6. The molecule has 0 aliphatic rings. The van der Waals surface area contributed by atoms with E-state index >= 15 is 0 Å². The van der Waals surface area contributed by atoms with Crippen molar-refractivity contribution in [3.8, 4) is 16.9 Å². The van der Waals surface area contributed by atoms with Crippen molar-refractivity contribution >= 4 is 11.7 Å². The summed E-state index contributed by atoms with van der Waals surface area (Å²) in [5, 5.41) is 2.51. The van der Waals surface area contributed by atoms with Crippen LogP contribution in [0.3, 0.4) is 0 Å². The van der Waals surface area contributed by atoms with Gasteiger partial charge in [-0.1, -0.05) is 13.8 Å². The number of anilines is 1. The number of aromatic nitrogens is 1. The summed E-state index contributed by atoms with van der Waals surface area (Å²) < 4.78 is 34.0. The molecule has 4 nitrogen and oxygen atoms in total. The molecule has 1 amide bonds. The molecule has 25 heavy (non-hydrogen) atoms. The first-order valence-electron chi connectivity index (χ1n) is 8.22. The average molecular weight is 348 g/mol. The fraction of sp³-hybridized carbons (Fsp3) is 0.368. The summed E-state index contributed by atoms with van der Waals surface area (Å²) in [6.07, 6.45) is 3.17. The van der Waals surface area contributed by atoms with Crippen LogP contribution >= 0.6 is 0 Å². The van der Waals surface area contributed by atoms with E-state index in [4.69, 9.17) is 4.74 Å². The van der Waals surface area contributed by atoms with Crippen molar-refractivity contribution in [3.05, 3.63) is 42.1 Å². The van der Waals surface area contributed by atoms with E-state index in [0.29, 0.717) is 18.1 Å². The fourth-order valence-corrected chi connectivity index (χ4v) is 2.38. The molecular weight excluding hydrogens is 326 g/mol. The Labute approximate surface area is 146 Å². The highest BCUT2D eigenvalue weighted by Gasteiger charge is 2.13. The quantitative estimate of drug-likeness (QED) is 0.731. The Morgan fingerprint density at radius 1 is 1.24 bits per heavy atom. The van der Waals surface area contributed by atoms with Gasteiger partial charge in [-0.3, -0.25) is 4.79 Å². The van der Waals surface area contributed by atoms with Crippen molar-refractivity contribution in [2.24, 2.45) is 5.92 Å². The van der Waals surface area contributed by atoms with Crippen LogP contribution in [0.15, 0.2) is 30.5 Å². The third kappa shape index (κ3) is 5.52. The topological polar surface area (TPSA) is 51.2 Å². The van der Waals surface area contributed by atoms with Crippen LogP contribution in [0.4, 0.5) is 14.6 Å². The SMILES string of the molecule is CC(=O)Nc1cc(-c2cc(F)c(OCCCC(C)C)cc2F)ccn1. The van der Waals surface area contributed by atoms with E-state index in [2.05, 4.69) is 24.1 Å². The van der Waals surface area contributed by atoms with Gasteiger partial charge in [-0.2, -0.15) is 0 Å². The van der Waals surface area contributed by atoms with Crippen LogP contribution in [0.5, 0.6) is 5.75 Å². The Bertz CT molecular complexity index is 748. The third-order valence-corrected chi connectivity index (χ3v) is 3.58. The number of nitrogens with zero attached hydrogens (tertiary/aromatic N) is 1. The zero-order valence-electron chi connectivity index (χ0n) is 14.6. The zero-order chi connectivity index (χ0) is 18.4. The summed E-state index contributed by atoms with van der Waals surface area (Å²) in [7, 11) is 0. The number of rotatable bonds is 7. The van der Waals surface area contributed by atoms with Crippen LogP contribution in [-0.4, -0.2) is 17.5 Å². The Hall–Kier alpha value is -2.50. The molecule has 1 aromatic carbocycles. The van der Waals surface area contributed by atoms with Gasteiger partial charge in [0, 0.05) is 24.8 Å². The van der Waals surface area contributed by atoms with E-state index < -0.39 is 11.6 Å². The number of pyridine rings is 1. The third-order valence-electron chi connectivity index (χ3n) is 3.58. The van der Waals surface area contributed by atoms with E-state index in [1.165, 1.54) is 19.2 Å². The molecule has 2 aromatic rings. The van der Waals surface area contributed by atoms with Crippen molar-refractivity contribution in [2.75, 3.05) is 11.9 Å². The Morgan fingerprint density at radius 3 is 2.68 bits per heavy atom. The molecule has 0 atom stereocenters. The molecule has 134 valence electrons. The standard InChI is InChI=1S/C19H22F2N2O2/c1-12(2)5-4-8-25-18-11-16(20)15(10-17(18)21)14-6-7-22-19(9-14)23-13(3)24/h6-7,9-12H,4-5,8H2,1-3H3,(H,22,23,24). The summed E-state index contributed by atoms with van der Waals surface area (Å²) >= 11 is 0. The maximum absolute atomic E-state index is 14.4. The maximum Gasteiger partial charge on any atom is 0.222 e. The number of amides is 1. The second kappa shape index (κ2) is 8.55. The lowest BCUT2D eigenvalue weighted by molar-refractivity contribution is -0.114. The van der Waals surface area contributed by atoms with Gasteiger partial charge in [0.1, 0.15) is 11.6 Å². The van der Waals surface area contributed by atoms with Gasteiger partial charge in [0.15, 0.2) is 11.6 Å². The first kappa shape index (κ1) is 18.8. The largest absolute Gasteiger partial charge is 0.490 e. The average Bonchev–Trinajstić information content (AvgIpc) is 2.53. The van der Waals surface area contributed by atoms with E-state index in [9.17, 15) is 13.6 Å². The lowest BCUT2D eigenvalue weighted by Gasteiger charge is -2.11. The van der Waals surface area contributed by atoms with E-state index in [1.807, 2.05) is 0 Å². The normalized spacial score (nSPS) is 10.8. The number of carbonyl (C=O) groups is 1. The molecule has 1 heterocycles. The molecule has 0 aliphatic carbocycles. The van der Waals surface area contributed by atoms with E-state index in [-0.39, 0.29) is 23.0 Å². The minimum atomic E-state index is -0.626. The first-order chi connectivity index (χ1) is 11.9. The number of hydrogen-bond acceptors (Lipinski definition) is 3. The van der Waals surface area contributed by atoms with Gasteiger partial charge < -0.3 is 10.1 Å². The molecule has 0 unspecified atom stereocenters. The van der Waals surface area contributed by atoms with Gasteiger partial charge in [-0.15, -0.1) is 0 Å². The molecule has 0 saturated heterocycles. The maximum atomic E-state index is 14.4. The molecular formula is C19H22F2N2O2. The summed E-state index contributed by atoms with van der Waals surface area (Å²) in [4.78, 5) is 15.1. The van der Waals surface area contributed by atoms with Crippen molar-refractivity contribution in [2.45, 2.75) is 33.6 Å². The van der Waals surface area contributed by atoms with Gasteiger partial charge in [0.2, 0.25) is 5.91 Å². The second-order valence-electron chi connectivity index (χ2n) is 6.26. The predicted molar refractivity (Wildman–Crippen MR) is 93.5 cm³/mol. The number of carbonyl (C=O) groups excluding carboxylic acids is 1. The van der Waals surface area contributed by atoms with Gasteiger partial charge in [0.05, 0.1) is 6.61 Å². The van der Waals surface area contributed by atoms with E-state index in [0.717, 1.165) is 25.0 Å². The predicted octanol–water partition coefficient (Wildman–Crippen LogP) is 4.80. The molecule has 0 aliphatic heterocycles. The van der Waals surface area contributed by atoms with E-state index in [1.54, 1.807) is 6.07 Å². The molecule has 0 spiro atoms. The van der Waals surface area contributed by atoms with Crippen LogP contribution in [0.2, 0.25) is 0 Å². The molecule has 0 radical (unpaired) electrons. The first-order valence-corrected chi connectivity index (χ1v) is 8.22. The minimum absolute atomic E-state index is 0.0843. The van der Waals surface area contributed by atoms with Crippen LogP contribution in [0.1, 0.15) is 33.6 Å². The van der Waals surface area contributed by atoms with Crippen LogP contribution in [0.25, 0.3) is 11.1 Å². The molecule has 1 N–H and O–H groups in total. The molecule has 1 aromatic heterocycles. The van der Waals surface area contributed by atoms with Crippen molar-refractivity contribution in [1.29, 1.82) is 0 Å². The van der Waals surface area contributed by atoms with Gasteiger partial charge in [0.25, 0.3) is 0 Å². The molecule has 0 fully saturated rings. The monoisotopic (exact) mass is 348 g/mol. The summed E-state index contributed by atoms with van der Waals surface area (Å²) in [5.41, 5.74) is 0.502. The molecule has 6 heteroatoms. The van der Waals surface area contributed by atoms with Gasteiger partial charge in [-0.25, -0.2) is 13.8 Å². The summed E-state index contributed by atoms with van der Waals surface area (Å²) in [6, 6.07) is 5.19. The lowest BCUT2D eigenvalue weighted by Crippen LogP contribution is -2.07. The highest BCUT2D eigenvalue weighted by atomic mass is 19.1. The highest BCUT2D eigenvalue weighted by Crippen LogP contribution is 2.30. The fourth-order valence-electron chi connectivity index (χ4n) is 2.38. The Morgan fingerprint density at radius 2 is 2.00 bits per heavy atom. The van der Waals surface area contributed by atoms with Crippen molar-refractivity contribution in [3.63, 3.8) is 0 Å². The smallest absolute Gasteiger partial charge is 0.222 e. The van der Waals surface area contributed by atoms with Gasteiger partial charge in [-0.05, 0) is 42.5 Å². The molecule has 0 saturated carbocycles. The molecule has 2 rings (SSSR count). The summed E-state index contributed by atoms with van der Waals surface area (Å²) in [5.74, 6) is -0.794. The van der Waals surface area contributed by atoms with Crippen LogP contribution < -0.4 is 10.1 Å². The minimum Gasteiger partial charge on any atom is -0.490 e. The second-order valence-corrected chi connectivity index (χ2v) is 6.26. The van der Waals surface area contributed by atoms with Crippen molar-refractivity contribution < 1.29 is 18.3 Å². The van der Waals surface area contributed by atoms with Crippen molar-refractivity contribution in [1.82, 2.24) is 4.98 Å². The number of ether oxygens (including phenoxy) is 1. The molecule has 0 bridgehead atoms. The van der Waals surface area contributed by atoms with Crippen LogP contribution in [-0.2, 0) is 4.79 Å². The number of benzene rings is 1. The highest BCUT2D eigenvalue weighted by molar-refractivity contribution is 5.88.